The number of thiophene rings is 1. The van der Waals surface area contributed by atoms with Crippen molar-refractivity contribution in [2.45, 2.75) is 32.7 Å². The van der Waals surface area contributed by atoms with Crippen molar-refractivity contribution in [1.29, 1.82) is 0 Å². The molecule has 1 heterocycles. The molecule has 0 saturated carbocycles. The van der Waals surface area contributed by atoms with Crippen LogP contribution in [-0.2, 0) is 12.8 Å². The van der Waals surface area contributed by atoms with Crippen LogP contribution in [0.5, 0.6) is 5.75 Å². The fourth-order valence-electron chi connectivity index (χ4n) is 2.35. The smallest absolute Gasteiger partial charge is 0.119 e. The zero-order valence-corrected chi connectivity index (χ0v) is 15.2. The zero-order valence-electron chi connectivity index (χ0n) is 12.8. The van der Waals surface area contributed by atoms with Gasteiger partial charge in [0.15, 0.2) is 0 Å². The van der Waals surface area contributed by atoms with Crippen molar-refractivity contribution in [3.8, 4) is 5.75 Å². The summed E-state index contributed by atoms with van der Waals surface area (Å²) in [5.74, 6) is 0.906. The predicted octanol–water partition coefficient (Wildman–Crippen LogP) is 4.97. The number of halogens is 1. The van der Waals surface area contributed by atoms with Crippen LogP contribution < -0.4 is 10.1 Å². The Morgan fingerprint density at radius 3 is 2.67 bits per heavy atom. The van der Waals surface area contributed by atoms with Crippen molar-refractivity contribution in [2.24, 2.45) is 0 Å². The van der Waals surface area contributed by atoms with E-state index in [1.807, 2.05) is 17.4 Å². The predicted molar refractivity (Wildman–Crippen MR) is 94.5 cm³/mol. The molecule has 4 heteroatoms. The minimum atomic E-state index is 0.351. The van der Waals surface area contributed by atoms with E-state index in [1.165, 1.54) is 15.3 Å². The lowest BCUT2D eigenvalue weighted by molar-refractivity contribution is 0.413. The molecule has 0 amide bonds. The zero-order chi connectivity index (χ0) is 15.2. The first-order valence-electron chi connectivity index (χ1n) is 7.32. The fourth-order valence-corrected chi connectivity index (χ4v) is 3.78. The first kappa shape index (κ1) is 16.5. The number of rotatable bonds is 7. The Balaban J connectivity index is 2.23. The third-order valence-corrected chi connectivity index (χ3v) is 5.62. The van der Waals surface area contributed by atoms with Gasteiger partial charge >= 0.3 is 0 Å². The van der Waals surface area contributed by atoms with Crippen LogP contribution in [0.15, 0.2) is 34.8 Å². The highest BCUT2D eigenvalue weighted by molar-refractivity contribution is 9.10. The molecule has 1 aromatic carbocycles. The second-order valence-electron chi connectivity index (χ2n) is 4.93. The van der Waals surface area contributed by atoms with Gasteiger partial charge in [0.05, 0.1) is 7.11 Å². The van der Waals surface area contributed by atoms with E-state index >= 15 is 0 Å². The van der Waals surface area contributed by atoms with Gasteiger partial charge < -0.3 is 10.1 Å². The molecule has 0 aliphatic rings. The fraction of sp³-hybridized carbons (Fsp3) is 0.412. The van der Waals surface area contributed by atoms with E-state index in [1.54, 1.807) is 7.11 Å². The molecule has 2 nitrogen and oxygen atoms in total. The molecule has 1 aromatic heterocycles. The van der Waals surface area contributed by atoms with Crippen molar-refractivity contribution >= 4 is 27.3 Å². The number of benzene rings is 1. The number of nitrogens with one attached hydrogen (secondary N) is 1. The lowest BCUT2D eigenvalue weighted by atomic mass is 10.0. The molecule has 114 valence electrons. The molecule has 1 unspecified atom stereocenters. The summed E-state index contributed by atoms with van der Waals surface area (Å²) in [4.78, 5) is 2.85. The third-order valence-electron chi connectivity index (χ3n) is 3.50. The van der Waals surface area contributed by atoms with Crippen molar-refractivity contribution in [2.75, 3.05) is 13.7 Å². The first-order valence-corrected chi connectivity index (χ1v) is 8.93. The second kappa shape index (κ2) is 7.97. The maximum atomic E-state index is 5.34. The molecule has 0 bridgehead atoms. The first-order chi connectivity index (χ1) is 10.2. The Morgan fingerprint density at radius 1 is 1.24 bits per heavy atom. The maximum Gasteiger partial charge on any atom is 0.119 e. The summed E-state index contributed by atoms with van der Waals surface area (Å²) in [7, 11) is 1.71. The van der Waals surface area contributed by atoms with Crippen LogP contribution in [0.3, 0.4) is 0 Å². The van der Waals surface area contributed by atoms with Crippen molar-refractivity contribution in [3.05, 3.63) is 50.1 Å². The molecule has 0 aliphatic carbocycles. The highest BCUT2D eigenvalue weighted by Crippen LogP contribution is 2.30. The molecule has 0 radical (unpaired) electrons. The SMILES string of the molecule is CCNC(Cc1cc(OC)ccc1Br)c1ccc(CC)s1. The summed E-state index contributed by atoms with van der Waals surface area (Å²) >= 11 is 5.56. The molecule has 2 rings (SSSR count). The standard InChI is InChI=1S/C17H22BrNOS/c1-4-14-7-9-17(21-14)16(19-5-2)11-12-10-13(20-3)6-8-15(12)18/h6-10,16,19H,4-5,11H2,1-3H3. The average Bonchev–Trinajstić information content (AvgIpc) is 2.97. The normalized spacial score (nSPS) is 12.4. The minimum absolute atomic E-state index is 0.351. The molecule has 0 aliphatic heterocycles. The summed E-state index contributed by atoms with van der Waals surface area (Å²) in [5.41, 5.74) is 1.27. The highest BCUT2D eigenvalue weighted by atomic mass is 79.9. The van der Waals surface area contributed by atoms with Gasteiger partial charge in [-0.1, -0.05) is 29.8 Å². The van der Waals surface area contributed by atoms with E-state index < -0.39 is 0 Å². The van der Waals surface area contributed by atoms with Crippen LogP contribution in [0, 0.1) is 0 Å². The molecule has 1 N–H and O–H groups in total. The van der Waals surface area contributed by atoms with Gasteiger partial charge in [-0.3, -0.25) is 0 Å². The Morgan fingerprint density at radius 2 is 2.05 bits per heavy atom. The molecule has 0 spiro atoms. The number of likely N-dealkylation sites (N-methyl/N-ethyl adjacent to an activating group) is 1. The lowest BCUT2D eigenvalue weighted by Gasteiger charge is -2.18. The van der Waals surface area contributed by atoms with Crippen LogP contribution in [0.25, 0.3) is 0 Å². The van der Waals surface area contributed by atoms with E-state index in [0.717, 1.165) is 29.6 Å². The van der Waals surface area contributed by atoms with Crippen molar-refractivity contribution in [3.63, 3.8) is 0 Å². The van der Waals surface area contributed by atoms with Gasteiger partial charge in [-0.15, -0.1) is 11.3 Å². The molecule has 21 heavy (non-hydrogen) atoms. The largest absolute Gasteiger partial charge is 0.497 e. The van der Waals surface area contributed by atoms with Crippen LogP contribution in [0.2, 0.25) is 0 Å². The van der Waals surface area contributed by atoms with Crippen LogP contribution in [0.1, 0.15) is 35.2 Å². The molecular weight excluding hydrogens is 346 g/mol. The summed E-state index contributed by atoms with van der Waals surface area (Å²) < 4.78 is 6.48. The van der Waals surface area contributed by atoms with E-state index in [9.17, 15) is 0 Å². The van der Waals surface area contributed by atoms with Crippen LogP contribution in [0.4, 0.5) is 0 Å². The quantitative estimate of drug-likeness (QED) is 0.745. The topological polar surface area (TPSA) is 21.3 Å². The van der Waals surface area contributed by atoms with Crippen molar-refractivity contribution in [1.82, 2.24) is 5.32 Å². The van der Waals surface area contributed by atoms with Crippen LogP contribution in [-0.4, -0.2) is 13.7 Å². The molecule has 0 fully saturated rings. The number of hydrogen-bond donors (Lipinski definition) is 1. The molecule has 2 aromatic rings. The monoisotopic (exact) mass is 367 g/mol. The maximum absolute atomic E-state index is 5.34. The van der Waals surface area contributed by atoms with Gasteiger partial charge in [-0.25, -0.2) is 0 Å². The Labute approximate surface area is 139 Å². The van der Waals surface area contributed by atoms with E-state index in [-0.39, 0.29) is 0 Å². The Bertz CT molecular complexity index is 582. The number of methoxy groups -OCH3 is 1. The van der Waals surface area contributed by atoms with Gasteiger partial charge in [-0.2, -0.15) is 0 Å². The van der Waals surface area contributed by atoms with Gasteiger partial charge in [0, 0.05) is 20.3 Å². The summed E-state index contributed by atoms with van der Waals surface area (Å²) in [6.45, 7) is 5.32. The summed E-state index contributed by atoms with van der Waals surface area (Å²) in [6, 6.07) is 11.0. The number of aryl methyl sites for hydroxylation is 1. The second-order valence-corrected chi connectivity index (χ2v) is 6.98. The van der Waals surface area contributed by atoms with Gasteiger partial charge in [0.1, 0.15) is 5.75 Å². The Hall–Kier alpha value is -0.840. The van der Waals surface area contributed by atoms with Crippen LogP contribution >= 0.6 is 27.3 Å². The number of hydrogen-bond acceptors (Lipinski definition) is 3. The van der Waals surface area contributed by atoms with E-state index in [4.69, 9.17) is 4.74 Å². The van der Waals surface area contributed by atoms with Gasteiger partial charge in [0.25, 0.3) is 0 Å². The highest BCUT2D eigenvalue weighted by Gasteiger charge is 2.15. The molecule has 1 atom stereocenters. The molecule has 0 saturated heterocycles. The summed E-state index contributed by atoms with van der Waals surface area (Å²) in [5, 5.41) is 3.60. The minimum Gasteiger partial charge on any atom is -0.497 e. The number of ether oxygens (including phenoxy) is 1. The lowest BCUT2D eigenvalue weighted by Crippen LogP contribution is -2.22. The van der Waals surface area contributed by atoms with Crippen molar-refractivity contribution < 1.29 is 4.74 Å². The molecular formula is C17H22BrNOS. The van der Waals surface area contributed by atoms with Gasteiger partial charge in [0.2, 0.25) is 0 Å². The van der Waals surface area contributed by atoms with E-state index in [2.05, 4.69) is 59.4 Å². The summed E-state index contributed by atoms with van der Waals surface area (Å²) in [6.07, 6.45) is 2.06. The van der Waals surface area contributed by atoms with Gasteiger partial charge in [-0.05, 0) is 55.3 Å². The Kier molecular flexibility index (Phi) is 6.27. The average molecular weight is 368 g/mol. The third kappa shape index (κ3) is 4.31. The van der Waals surface area contributed by atoms with E-state index in [0.29, 0.717) is 6.04 Å².